The molecule has 2 aliphatic heterocycles. The van der Waals surface area contributed by atoms with E-state index in [0.717, 1.165) is 57.6 Å². The summed E-state index contributed by atoms with van der Waals surface area (Å²) in [6.07, 6.45) is 4.51. The summed E-state index contributed by atoms with van der Waals surface area (Å²) in [5.74, 6) is 5.24. The van der Waals surface area contributed by atoms with Gasteiger partial charge in [0.1, 0.15) is 0 Å². The first-order valence-electron chi connectivity index (χ1n) is 8.56. The number of piperidine rings is 2. The molecule has 1 aromatic rings. The average Bonchev–Trinajstić information content (AvgIpc) is 2.88. The van der Waals surface area contributed by atoms with Crippen LogP contribution >= 0.6 is 0 Å². The normalized spacial score (nSPS) is 19.5. The first kappa shape index (κ1) is 27.5. The summed E-state index contributed by atoms with van der Waals surface area (Å²) in [4.78, 5) is 4.68. The molecule has 2 fully saturated rings. The fraction of sp³-hybridized carbons (Fsp3) is 0.706. The van der Waals surface area contributed by atoms with Crippen molar-refractivity contribution in [3.05, 3.63) is 29.5 Å². The number of hydrazine groups is 1. The second-order valence-electron chi connectivity index (χ2n) is 6.76. The number of aromatic nitrogens is 2. The van der Waals surface area contributed by atoms with E-state index in [9.17, 15) is 0 Å². The molecule has 0 aliphatic carbocycles. The third-order valence-corrected chi connectivity index (χ3v) is 4.67. The van der Waals surface area contributed by atoms with Crippen LogP contribution in [0.25, 0.3) is 0 Å². The van der Waals surface area contributed by atoms with Crippen LogP contribution < -0.4 is 128 Å². The smallest absolute Gasteiger partial charge is 0.408 e. The van der Waals surface area contributed by atoms with Crippen molar-refractivity contribution < 1.29 is 116 Å². The van der Waals surface area contributed by atoms with Crippen molar-refractivity contribution in [1.82, 2.24) is 25.0 Å². The van der Waals surface area contributed by atoms with Gasteiger partial charge in [0, 0.05) is 5.69 Å². The molecule has 2 aliphatic rings. The van der Waals surface area contributed by atoms with Gasteiger partial charge in [-0.25, -0.2) is 11.1 Å². The number of nitrogens with two attached hydrogens (primary N) is 1. The molecule has 0 unspecified atom stereocenters. The molecule has 0 amide bonds. The van der Waals surface area contributed by atoms with E-state index in [2.05, 4.69) is 59.0 Å². The quantitative estimate of drug-likeness (QED) is 0.248. The first-order chi connectivity index (χ1) is 11.0. The molecule has 0 aromatic carbocycles. The Kier molecular flexibility index (Phi) is 16.0. The number of nitrogens with one attached hydrogen (secondary N) is 1. The Labute approximate surface area is 251 Å². The molecule has 2 saturated heterocycles. The van der Waals surface area contributed by atoms with Crippen LogP contribution in [0.2, 0.25) is 0 Å². The van der Waals surface area contributed by atoms with Crippen LogP contribution in [0.4, 0.5) is 0 Å². The molecule has 0 bridgehead atoms. The van der Waals surface area contributed by atoms with E-state index in [1.165, 1.54) is 17.8 Å². The zero-order valence-corrected chi connectivity index (χ0v) is 26.9. The number of likely N-dealkylation sites (tertiary alicyclic amines) is 2. The summed E-state index contributed by atoms with van der Waals surface area (Å²) in [5.41, 5.74) is 5.10. The van der Waals surface area contributed by atoms with E-state index < -0.39 is 0 Å². The molecule has 25 heavy (non-hydrogen) atoms. The molecule has 6 nitrogen and oxygen atoms in total. The number of rotatable bonds is 2. The van der Waals surface area contributed by atoms with Gasteiger partial charge in [-0.3, -0.25) is 0 Å². The Balaban J connectivity index is 0.000000462. The molecule has 1 aromatic heterocycles. The molecule has 0 radical (unpaired) electrons. The number of aryl methyl sites for hydroxylation is 2. The molecule has 132 valence electrons. The Bertz CT molecular complexity index is 466. The van der Waals surface area contributed by atoms with E-state index in [1.807, 2.05) is 0 Å². The van der Waals surface area contributed by atoms with Gasteiger partial charge in [0.15, 0.2) is 0 Å². The summed E-state index contributed by atoms with van der Waals surface area (Å²) in [6.45, 7) is 8.78. The Hall–Kier alpha value is 2.53. The summed E-state index contributed by atoms with van der Waals surface area (Å²) in [7, 11) is 4.31. The molecule has 0 saturated carbocycles. The zero-order valence-electron chi connectivity index (χ0n) is 17.1. The SMILES string of the molecule is CN1CC[C-](NN)CC1.Cc1cc(C)n([C-]2CCN(C)CC2)n1.[Rb+].[Rb+]. The van der Waals surface area contributed by atoms with Gasteiger partial charge in [-0.2, -0.15) is 12.8 Å². The fourth-order valence-electron chi connectivity index (χ4n) is 3.07. The van der Waals surface area contributed by atoms with Gasteiger partial charge in [-0.15, -0.1) is 17.8 Å². The zero-order chi connectivity index (χ0) is 16.8. The van der Waals surface area contributed by atoms with Crippen molar-refractivity contribution in [3.63, 3.8) is 0 Å². The van der Waals surface area contributed by atoms with Gasteiger partial charge in [0.25, 0.3) is 0 Å². The summed E-state index contributed by atoms with van der Waals surface area (Å²) >= 11 is 0. The van der Waals surface area contributed by atoms with Crippen molar-refractivity contribution in [2.45, 2.75) is 39.5 Å². The fourth-order valence-corrected chi connectivity index (χ4v) is 3.07. The third-order valence-electron chi connectivity index (χ3n) is 4.67. The predicted molar refractivity (Wildman–Crippen MR) is 94.4 cm³/mol. The topological polar surface area (TPSA) is 62.4 Å². The van der Waals surface area contributed by atoms with E-state index in [-0.39, 0.29) is 116 Å². The van der Waals surface area contributed by atoms with Crippen molar-refractivity contribution >= 4 is 0 Å². The molecular formula is C17H32N6Rb2. The predicted octanol–water partition coefficient (Wildman–Crippen LogP) is -4.68. The Morgan fingerprint density at radius 1 is 0.960 bits per heavy atom. The molecular weight excluding hydrogens is 459 g/mol. The number of hydrogen-bond acceptors (Lipinski definition) is 5. The standard InChI is InChI=1S/C11H18N3.C6H14N3.2Rb/c1-9-8-10(2)14(12-9)11-4-6-13(3)7-5-11;1-9-4-2-6(8-7)3-5-9;;/h8H,4-7H2,1-3H3;8H,2-5,7H2,1H3;;/q2*-1;2*+1. The Morgan fingerprint density at radius 2 is 1.44 bits per heavy atom. The van der Waals surface area contributed by atoms with Gasteiger partial charge in [-0.1, -0.05) is 19.8 Å². The van der Waals surface area contributed by atoms with Crippen molar-refractivity contribution in [1.29, 1.82) is 0 Å². The molecule has 3 rings (SSSR count). The van der Waals surface area contributed by atoms with E-state index in [4.69, 9.17) is 5.84 Å². The van der Waals surface area contributed by atoms with Gasteiger partial charge >= 0.3 is 116 Å². The van der Waals surface area contributed by atoms with Gasteiger partial charge in [-0.05, 0) is 47.2 Å². The summed E-state index contributed by atoms with van der Waals surface area (Å²) in [6, 6.07) is 4.90. The van der Waals surface area contributed by atoms with Crippen LogP contribution in [-0.2, 0) is 0 Å². The maximum absolute atomic E-state index is 5.24. The maximum Gasteiger partial charge on any atom is 1.00 e. The minimum Gasteiger partial charge on any atom is -0.408 e. The second kappa shape index (κ2) is 14.5. The Morgan fingerprint density at radius 3 is 1.84 bits per heavy atom. The first-order valence-corrected chi connectivity index (χ1v) is 8.56. The van der Waals surface area contributed by atoms with Crippen LogP contribution in [-0.4, -0.2) is 59.9 Å². The second-order valence-corrected chi connectivity index (χ2v) is 6.76. The molecule has 3 N–H and O–H groups in total. The third kappa shape index (κ3) is 9.72. The van der Waals surface area contributed by atoms with Crippen LogP contribution in [0.1, 0.15) is 37.1 Å². The maximum atomic E-state index is 5.24. The largest absolute Gasteiger partial charge is 1.00 e. The minimum atomic E-state index is 0. The van der Waals surface area contributed by atoms with Gasteiger partial charge in [0.2, 0.25) is 0 Å². The van der Waals surface area contributed by atoms with E-state index in [1.54, 1.807) is 0 Å². The molecule has 8 heteroatoms. The van der Waals surface area contributed by atoms with Crippen LogP contribution in [0, 0.1) is 25.9 Å². The van der Waals surface area contributed by atoms with Crippen molar-refractivity contribution in [3.8, 4) is 0 Å². The van der Waals surface area contributed by atoms with Crippen LogP contribution in [0.3, 0.4) is 0 Å². The van der Waals surface area contributed by atoms with Gasteiger partial charge < -0.3 is 25.8 Å². The van der Waals surface area contributed by atoms with Crippen LogP contribution in [0.15, 0.2) is 6.07 Å². The minimum absolute atomic E-state index is 0. The number of hydrogen-bond donors (Lipinski definition) is 2. The molecule has 3 heterocycles. The summed E-state index contributed by atoms with van der Waals surface area (Å²) in [5, 5.41) is 4.52. The van der Waals surface area contributed by atoms with Crippen molar-refractivity contribution in [2.75, 3.05) is 40.3 Å². The number of nitrogens with zero attached hydrogens (tertiary/aromatic N) is 4. The average molecular weight is 491 g/mol. The van der Waals surface area contributed by atoms with Gasteiger partial charge in [0.05, 0.1) is 0 Å². The molecule has 0 spiro atoms. The van der Waals surface area contributed by atoms with E-state index >= 15 is 0 Å². The van der Waals surface area contributed by atoms with Crippen LogP contribution in [0.5, 0.6) is 0 Å². The summed E-state index contributed by atoms with van der Waals surface area (Å²) < 4.78 is 2.13. The molecule has 0 atom stereocenters. The van der Waals surface area contributed by atoms with E-state index in [0.29, 0.717) is 0 Å². The van der Waals surface area contributed by atoms with Crippen molar-refractivity contribution in [2.24, 2.45) is 5.84 Å². The monoisotopic (exact) mass is 490 g/mol.